The molecule has 0 aliphatic heterocycles. The molecule has 0 aliphatic carbocycles. The summed E-state index contributed by atoms with van der Waals surface area (Å²) in [7, 11) is 0. The maximum Gasteiger partial charge on any atom is 0.100 e. The fourth-order valence-electron chi connectivity index (χ4n) is 0.920. The maximum atomic E-state index is 8.73. The zero-order valence-corrected chi connectivity index (χ0v) is 7.25. The molecule has 0 atom stereocenters. The Bertz CT molecular complexity index is 377. The van der Waals surface area contributed by atoms with Gasteiger partial charge in [0.15, 0.2) is 0 Å². The molecular formula is C11H10N2. The Labute approximate surface area is 78.0 Å². The van der Waals surface area contributed by atoms with Gasteiger partial charge in [-0.25, -0.2) is 0 Å². The molecule has 0 aliphatic rings. The largest absolute Gasteiger partial charge is 0.330 e. The van der Waals surface area contributed by atoms with E-state index in [0.717, 1.165) is 5.56 Å². The van der Waals surface area contributed by atoms with Crippen LogP contribution in [0, 0.1) is 23.2 Å². The molecule has 0 amide bonds. The zero-order chi connectivity index (χ0) is 9.52. The van der Waals surface area contributed by atoms with E-state index in [1.165, 1.54) is 0 Å². The Morgan fingerprint density at radius 2 is 1.92 bits per heavy atom. The minimum atomic E-state index is 0.557. The first kappa shape index (κ1) is 9.32. The summed E-state index contributed by atoms with van der Waals surface area (Å²) >= 11 is 0. The summed E-state index contributed by atoms with van der Waals surface area (Å²) in [5.74, 6) is 5.81. The third kappa shape index (κ3) is 2.63. The van der Waals surface area contributed by atoms with E-state index < -0.39 is 0 Å². The molecule has 64 valence electrons. The lowest BCUT2D eigenvalue weighted by Gasteiger charge is -1.91. The second-order valence-electron chi connectivity index (χ2n) is 2.50. The van der Waals surface area contributed by atoms with Crippen molar-refractivity contribution in [3.05, 3.63) is 35.4 Å². The Morgan fingerprint density at radius 1 is 1.23 bits per heavy atom. The van der Waals surface area contributed by atoms with Crippen molar-refractivity contribution in [1.29, 1.82) is 5.26 Å². The highest BCUT2D eigenvalue weighted by Gasteiger charge is 1.94. The van der Waals surface area contributed by atoms with E-state index in [-0.39, 0.29) is 0 Å². The van der Waals surface area contributed by atoms with Crippen molar-refractivity contribution in [2.75, 3.05) is 6.54 Å². The lowest BCUT2D eigenvalue weighted by Crippen LogP contribution is -1.95. The molecule has 2 nitrogen and oxygen atoms in total. The highest BCUT2D eigenvalue weighted by atomic mass is 14.5. The predicted molar refractivity (Wildman–Crippen MR) is 51.7 cm³/mol. The number of benzene rings is 1. The first-order valence-electron chi connectivity index (χ1n) is 4.06. The van der Waals surface area contributed by atoms with Crippen molar-refractivity contribution in [3.8, 4) is 17.9 Å². The monoisotopic (exact) mass is 170 g/mol. The summed E-state index contributed by atoms with van der Waals surface area (Å²) in [5.41, 5.74) is 6.69. The third-order valence-corrected chi connectivity index (χ3v) is 1.54. The molecule has 0 radical (unpaired) electrons. The Balaban J connectivity index is 2.91. The molecule has 0 heterocycles. The van der Waals surface area contributed by atoms with Crippen LogP contribution < -0.4 is 5.73 Å². The molecule has 0 saturated carbocycles. The molecule has 1 aromatic rings. The van der Waals surface area contributed by atoms with Crippen LogP contribution in [0.4, 0.5) is 0 Å². The van der Waals surface area contributed by atoms with Crippen molar-refractivity contribution in [3.63, 3.8) is 0 Å². The second-order valence-corrected chi connectivity index (χ2v) is 2.50. The molecule has 0 saturated heterocycles. The van der Waals surface area contributed by atoms with Gasteiger partial charge >= 0.3 is 0 Å². The second kappa shape index (κ2) is 4.98. The fraction of sp³-hybridized carbons (Fsp3) is 0.182. The summed E-state index contributed by atoms with van der Waals surface area (Å²) in [6, 6.07) is 9.37. The van der Waals surface area contributed by atoms with Crippen molar-refractivity contribution in [2.24, 2.45) is 5.73 Å². The van der Waals surface area contributed by atoms with Gasteiger partial charge in [0.05, 0.1) is 5.56 Å². The topological polar surface area (TPSA) is 49.8 Å². The van der Waals surface area contributed by atoms with Gasteiger partial charge in [-0.2, -0.15) is 5.26 Å². The molecular weight excluding hydrogens is 160 g/mol. The number of hydrogen-bond acceptors (Lipinski definition) is 2. The molecule has 0 unspecified atom stereocenters. The van der Waals surface area contributed by atoms with Gasteiger partial charge < -0.3 is 5.73 Å². The summed E-state index contributed by atoms with van der Waals surface area (Å²) in [6.07, 6.45) is 0.666. The summed E-state index contributed by atoms with van der Waals surface area (Å²) in [5, 5.41) is 8.73. The lowest BCUT2D eigenvalue weighted by atomic mass is 10.1. The molecule has 0 fully saturated rings. The SMILES string of the molecule is N#Cc1ccccc1C#CCCN. The van der Waals surface area contributed by atoms with Gasteiger partial charge in [-0.1, -0.05) is 24.0 Å². The first-order valence-corrected chi connectivity index (χ1v) is 4.06. The van der Waals surface area contributed by atoms with Crippen LogP contribution in [-0.2, 0) is 0 Å². The minimum absolute atomic E-state index is 0.557. The van der Waals surface area contributed by atoms with Crippen molar-refractivity contribution in [2.45, 2.75) is 6.42 Å². The van der Waals surface area contributed by atoms with Crippen LogP contribution >= 0.6 is 0 Å². The van der Waals surface area contributed by atoms with E-state index >= 15 is 0 Å². The van der Waals surface area contributed by atoms with Gasteiger partial charge in [0, 0.05) is 18.5 Å². The first-order chi connectivity index (χ1) is 6.38. The summed E-state index contributed by atoms with van der Waals surface area (Å²) in [4.78, 5) is 0. The standard InChI is InChI=1S/C11H10N2/c12-8-4-3-6-10-5-1-2-7-11(10)9-13/h1-2,5,7H,4,8,12H2. The molecule has 0 bridgehead atoms. The van der Waals surface area contributed by atoms with Gasteiger partial charge in [0.1, 0.15) is 6.07 Å². The smallest absolute Gasteiger partial charge is 0.100 e. The van der Waals surface area contributed by atoms with Crippen LogP contribution in [0.1, 0.15) is 17.5 Å². The number of hydrogen-bond donors (Lipinski definition) is 1. The van der Waals surface area contributed by atoms with Crippen LogP contribution in [-0.4, -0.2) is 6.54 Å². The van der Waals surface area contributed by atoms with Crippen molar-refractivity contribution >= 4 is 0 Å². The van der Waals surface area contributed by atoms with Crippen LogP contribution in [0.2, 0.25) is 0 Å². The van der Waals surface area contributed by atoms with Crippen LogP contribution in [0.25, 0.3) is 0 Å². The van der Waals surface area contributed by atoms with Gasteiger partial charge in [0.2, 0.25) is 0 Å². The van der Waals surface area contributed by atoms with E-state index in [0.29, 0.717) is 18.5 Å². The molecule has 0 spiro atoms. The normalized spacial score (nSPS) is 8.31. The summed E-state index contributed by atoms with van der Waals surface area (Å²) < 4.78 is 0. The molecule has 13 heavy (non-hydrogen) atoms. The highest BCUT2D eigenvalue weighted by Crippen LogP contribution is 2.04. The van der Waals surface area contributed by atoms with Gasteiger partial charge in [-0.05, 0) is 12.1 Å². The van der Waals surface area contributed by atoms with Crippen LogP contribution in [0.15, 0.2) is 24.3 Å². The average molecular weight is 170 g/mol. The molecule has 2 N–H and O–H groups in total. The number of nitrogens with two attached hydrogens (primary N) is 1. The van der Waals surface area contributed by atoms with Crippen molar-refractivity contribution < 1.29 is 0 Å². The Morgan fingerprint density at radius 3 is 2.54 bits per heavy atom. The fourth-order valence-corrected chi connectivity index (χ4v) is 0.920. The van der Waals surface area contributed by atoms with Crippen LogP contribution in [0.5, 0.6) is 0 Å². The lowest BCUT2D eigenvalue weighted by molar-refractivity contribution is 1.03. The predicted octanol–water partition coefficient (Wildman–Crippen LogP) is 1.26. The van der Waals surface area contributed by atoms with Gasteiger partial charge in [-0.15, -0.1) is 0 Å². The maximum absolute atomic E-state index is 8.73. The van der Waals surface area contributed by atoms with Crippen molar-refractivity contribution in [1.82, 2.24) is 0 Å². The third-order valence-electron chi connectivity index (χ3n) is 1.54. The Kier molecular flexibility index (Phi) is 3.57. The van der Waals surface area contributed by atoms with E-state index in [1.807, 2.05) is 18.2 Å². The van der Waals surface area contributed by atoms with Gasteiger partial charge in [0.25, 0.3) is 0 Å². The van der Waals surface area contributed by atoms with E-state index in [9.17, 15) is 0 Å². The van der Waals surface area contributed by atoms with E-state index in [1.54, 1.807) is 6.07 Å². The average Bonchev–Trinajstić information content (AvgIpc) is 2.19. The number of nitriles is 1. The number of nitrogens with zero attached hydrogens (tertiary/aromatic N) is 1. The van der Waals surface area contributed by atoms with Gasteiger partial charge in [-0.3, -0.25) is 0 Å². The quantitative estimate of drug-likeness (QED) is 0.645. The molecule has 1 aromatic carbocycles. The molecule has 0 aromatic heterocycles. The highest BCUT2D eigenvalue weighted by molar-refractivity contribution is 5.47. The summed E-state index contributed by atoms with van der Waals surface area (Å²) in [6.45, 7) is 0.557. The minimum Gasteiger partial charge on any atom is -0.330 e. The Hall–Kier alpha value is -1.77. The van der Waals surface area contributed by atoms with E-state index in [4.69, 9.17) is 11.0 Å². The number of rotatable bonds is 1. The molecule has 2 heteroatoms. The molecule has 1 rings (SSSR count). The van der Waals surface area contributed by atoms with Crippen LogP contribution in [0.3, 0.4) is 0 Å². The zero-order valence-electron chi connectivity index (χ0n) is 7.25. The van der Waals surface area contributed by atoms with E-state index in [2.05, 4.69) is 17.9 Å².